The summed E-state index contributed by atoms with van der Waals surface area (Å²) >= 11 is 0. The van der Waals surface area contributed by atoms with Crippen LogP contribution < -0.4 is 5.73 Å². The second-order valence-corrected chi connectivity index (χ2v) is 3.83. The second kappa shape index (κ2) is 2.90. The van der Waals surface area contributed by atoms with E-state index in [0.29, 0.717) is 5.96 Å². The summed E-state index contributed by atoms with van der Waals surface area (Å²) in [6.07, 6.45) is 0. The minimum absolute atomic E-state index is 0.448. The Hall–Kier alpha value is -1.26. The summed E-state index contributed by atoms with van der Waals surface area (Å²) in [5, 5.41) is 0. The number of nitrogens with two attached hydrogens (primary N) is 1. The molecule has 0 fully saturated rings. The van der Waals surface area contributed by atoms with Crippen LogP contribution in [0.4, 0.5) is 0 Å². The molecule has 0 aromatic rings. The number of nitrogens with zero attached hydrogens (tertiary/aromatic N) is 4. The standard InChI is InChI=1S/C8H17N5/c1-8(2)10-6(9)13(5)7(11-8)12(3)4/h1-5H3,(H2,9,10). The molecule has 1 aliphatic heterocycles. The van der Waals surface area contributed by atoms with Gasteiger partial charge in [0.1, 0.15) is 0 Å². The summed E-state index contributed by atoms with van der Waals surface area (Å²) in [5.41, 5.74) is 5.30. The minimum Gasteiger partial charge on any atom is -0.369 e. The SMILES string of the molecule is CN(C)C1=NC(C)(C)N=C(N)N1C. The first-order valence-corrected chi connectivity index (χ1v) is 4.20. The molecule has 0 aliphatic carbocycles. The molecule has 0 saturated carbocycles. The lowest BCUT2D eigenvalue weighted by Gasteiger charge is -2.33. The van der Waals surface area contributed by atoms with E-state index in [2.05, 4.69) is 9.98 Å². The molecule has 2 N–H and O–H groups in total. The van der Waals surface area contributed by atoms with Gasteiger partial charge in [0.05, 0.1) is 0 Å². The van der Waals surface area contributed by atoms with Crippen LogP contribution in [-0.4, -0.2) is 48.5 Å². The van der Waals surface area contributed by atoms with E-state index in [1.807, 2.05) is 39.9 Å². The van der Waals surface area contributed by atoms with E-state index in [4.69, 9.17) is 5.73 Å². The summed E-state index contributed by atoms with van der Waals surface area (Å²) < 4.78 is 0. The lowest BCUT2D eigenvalue weighted by Crippen LogP contribution is -2.50. The molecule has 0 amide bonds. The van der Waals surface area contributed by atoms with Crippen molar-refractivity contribution in [3.05, 3.63) is 0 Å². The highest BCUT2D eigenvalue weighted by molar-refractivity contribution is 5.99. The van der Waals surface area contributed by atoms with E-state index >= 15 is 0 Å². The third-order valence-corrected chi connectivity index (χ3v) is 1.81. The Morgan fingerprint density at radius 1 is 1.31 bits per heavy atom. The topological polar surface area (TPSA) is 57.2 Å². The average molecular weight is 183 g/mol. The van der Waals surface area contributed by atoms with Crippen LogP contribution in [0.3, 0.4) is 0 Å². The van der Waals surface area contributed by atoms with Crippen molar-refractivity contribution in [1.29, 1.82) is 0 Å². The van der Waals surface area contributed by atoms with Gasteiger partial charge in [-0.1, -0.05) is 0 Å². The van der Waals surface area contributed by atoms with Crippen molar-refractivity contribution < 1.29 is 0 Å². The number of hydrogen-bond acceptors (Lipinski definition) is 5. The van der Waals surface area contributed by atoms with Crippen molar-refractivity contribution in [3.8, 4) is 0 Å². The number of rotatable bonds is 0. The molecule has 0 spiro atoms. The first kappa shape index (κ1) is 9.83. The lowest BCUT2D eigenvalue weighted by molar-refractivity contribution is 0.448. The molecular formula is C8H17N5. The highest BCUT2D eigenvalue weighted by Gasteiger charge is 2.26. The zero-order valence-electron chi connectivity index (χ0n) is 8.87. The summed E-state index contributed by atoms with van der Waals surface area (Å²) in [6, 6.07) is 0. The van der Waals surface area contributed by atoms with E-state index in [1.165, 1.54) is 0 Å². The number of hydrogen-bond donors (Lipinski definition) is 1. The van der Waals surface area contributed by atoms with Crippen molar-refractivity contribution in [2.24, 2.45) is 15.7 Å². The van der Waals surface area contributed by atoms with Gasteiger partial charge in [0, 0.05) is 21.1 Å². The molecule has 0 radical (unpaired) electrons. The fraction of sp³-hybridized carbons (Fsp3) is 0.750. The van der Waals surface area contributed by atoms with Gasteiger partial charge in [-0.3, -0.25) is 4.90 Å². The van der Waals surface area contributed by atoms with Crippen LogP contribution in [0.2, 0.25) is 0 Å². The van der Waals surface area contributed by atoms with Crippen molar-refractivity contribution in [3.63, 3.8) is 0 Å². The molecule has 5 heteroatoms. The third-order valence-electron chi connectivity index (χ3n) is 1.81. The van der Waals surface area contributed by atoms with Crippen LogP contribution in [0.5, 0.6) is 0 Å². The van der Waals surface area contributed by atoms with E-state index in [-0.39, 0.29) is 0 Å². The average Bonchev–Trinajstić information content (AvgIpc) is 1.95. The van der Waals surface area contributed by atoms with Gasteiger partial charge in [0.2, 0.25) is 5.96 Å². The maximum Gasteiger partial charge on any atom is 0.205 e. The maximum atomic E-state index is 5.75. The van der Waals surface area contributed by atoms with E-state index in [9.17, 15) is 0 Å². The fourth-order valence-electron chi connectivity index (χ4n) is 1.20. The molecule has 1 heterocycles. The van der Waals surface area contributed by atoms with Gasteiger partial charge in [-0.15, -0.1) is 0 Å². The Morgan fingerprint density at radius 3 is 2.31 bits per heavy atom. The van der Waals surface area contributed by atoms with Gasteiger partial charge < -0.3 is 10.6 Å². The van der Waals surface area contributed by atoms with Crippen LogP contribution in [-0.2, 0) is 0 Å². The van der Waals surface area contributed by atoms with Crippen molar-refractivity contribution >= 4 is 11.9 Å². The quantitative estimate of drug-likeness (QED) is 0.570. The van der Waals surface area contributed by atoms with Crippen LogP contribution in [0.15, 0.2) is 9.98 Å². The van der Waals surface area contributed by atoms with Gasteiger partial charge in [-0.25, -0.2) is 9.98 Å². The monoisotopic (exact) mass is 183 g/mol. The minimum atomic E-state index is -0.448. The molecule has 13 heavy (non-hydrogen) atoms. The second-order valence-electron chi connectivity index (χ2n) is 3.83. The van der Waals surface area contributed by atoms with E-state index in [1.54, 1.807) is 4.90 Å². The predicted molar refractivity (Wildman–Crippen MR) is 54.6 cm³/mol. The predicted octanol–water partition coefficient (Wildman–Crippen LogP) is -0.0998. The largest absolute Gasteiger partial charge is 0.369 e. The fourth-order valence-corrected chi connectivity index (χ4v) is 1.20. The van der Waals surface area contributed by atoms with Crippen LogP contribution in [0.1, 0.15) is 13.8 Å². The molecule has 0 saturated heterocycles. The smallest absolute Gasteiger partial charge is 0.205 e. The zero-order valence-corrected chi connectivity index (χ0v) is 8.87. The van der Waals surface area contributed by atoms with E-state index in [0.717, 1.165) is 5.96 Å². The van der Waals surface area contributed by atoms with Crippen LogP contribution >= 0.6 is 0 Å². The van der Waals surface area contributed by atoms with E-state index < -0.39 is 5.66 Å². The highest BCUT2D eigenvalue weighted by Crippen LogP contribution is 2.16. The van der Waals surface area contributed by atoms with Gasteiger partial charge in [-0.05, 0) is 13.8 Å². The lowest BCUT2D eigenvalue weighted by atomic mass is 10.2. The molecule has 1 aliphatic rings. The molecular weight excluding hydrogens is 166 g/mol. The first-order chi connectivity index (χ1) is 5.83. The van der Waals surface area contributed by atoms with Gasteiger partial charge in [0.15, 0.2) is 11.6 Å². The Morgan fingerprint density at radius 2 is 1.85 bits per heavy atom. The molecule has 74 valence electrons. The van der Waals surface area contributed by atoms with Crippen molar-refractivity contribution in [2.45, 2.75) is 19.5 Å². The molecule has 0 aromatic carbocycles. The summed E-state index contributed by atoms with van der Waals surface area (Å²) in [4.78, 5) is 12.4. The normalized spacial score (nSPS) is 20.8. The maximum absolute atomic E-state index is 5.75. The number of guanidine groups is 2. The van der Waals surface area contributed by atoms with Gasteiger partial charge in [-0.2, -0.15) is 0 Å². The molecule has 5 nitrogen and oxygen atoms in total. The first-order valence-electron chi connectivity index (χ1n) is 4.20. The zero-order chi connectivity index (χ0) is 10.2. The Labute approximate surface area is 78.9 Å². The summed E-state index contributed by atoms with van der Waals surface area (Å²) in [5.74, 6) is 1.33. The molecule has 0 unspecified atom stereocenters. The molecule has 0 atom stereocenters. The molecule has 0 bridgehead atoms. The van der Waals surface area contributed by atoms with Crippen molar-refractivity contribution in [1.82, 2.24) is 9.80 Å². The molecule has 1 rings (SSSR count). The third kappa shape index (κ3) is 1.91. The van der Waals surface area contributed by atoms with Crippen molar-refractivity contribution in [2.75, 3.05) is 21.1 Å². The molecule has 0 aromatic heterocycles. The Bertz CT molecular complexity index is 264. The van der Waals surface area contributed by atoms with Crippen LogP contribution in [0, 0.1) is 0 Å². The Balaban J connectivity index is 3.03. The Kier molecular flexibility index (Phi) is 2.19. The summed E-state index contributed by atoms with van der Waals surface area (Å²) in [7, 11) is 5.72. The van der Waals surface area contributed by atoms with Gasteiger partial charge in [0.25, 0.3) is 0 Å². The van der Waals surface area contributed by atoms with Gasteiger partial charge >= 0.3 is 0 Å². The van der Waals surface area contributed by atoms with Crippen LogP contribution in [0.25, 0.3) is 0 Å². The highest BCUT2D eigenvalue weighted by atomic mass is 15.4. The summed E-state index contributed by atoms with van der Waals surface area (Å²) in [6.45, 7) is 3.85. The number of aliphatic imine (C=N–C) groups is 2.